The third-order valence-corrected chi connectivity index (χ3v) is 4.08. The highest BCUT2D eigenvalue weighted by Crippen LogP contribution is 2.40. The molecular formula is C14H18N2O. The number of amides is 1. The predicted molar refractivity (Wildman–Crippen MR) is 68.0 cm³/mol. The third kappa shape index (κ3) is 1.75. The lowest BCUT2D eigenvalue weighted by atomic mass is 9.85. The van der Waals surface area contributed by atoms with Crippen molar-refractivity contribution in [1.82, 2.24) is 5.32 Å². The standard InChI is InChI=1S/C14H18N2O/c17-13-6-7-14(8-10-15-11-9-14)16(13)12-4-2-1-3-5-12/h1-5,15H,6-11H2. The molecule has 3 nitrogen and oxygen atoms in total. The van der Waals surface area contributed by atoms with E-state index in [0.717, 1.165) is 38.0 Å². The fourth-order valence-corrected chi connectivity index (χ4v) is 3.19. The zero-order valence-corrected chi connectivity index (χ0v) is 9.98. The van der Waals surface area contributed by atoms with Gasteiger partial charge in [-0.25, -0.2) is 0 Å². The Balaban J connectivity index is 1.97. The van der Waals surface area contributed by atoms with Gasteiger partial charge in [-0.1, -0.05) is 18.2 Å². The van der Waals surface area contributed by atoms with E-state index < -0.39 is 0 Å². The highest BCUT2D eigenvalue weighted by atomic mass is 16.2. The second kappa shape index (κ2) is 4.15. The Labute approximate surface area is 102 Å². The second-order valence-electron chi connectivity index (χ2n) is 5.04. The van der Waals surface area contributed by atoms with Crippen molar-refractivity contribution in [2.45, 2.75) is 31.2 Å². The van der Waals surface area contributed by atoms with Crippen LogP contribution in [0.15, 0.2) is 30.3 Å². The molecule has 0 bridgehead atoms. The van der Waals surface area contributed by atoms with Crippen LogP contribution in [0.2, 0.25) is 0 Å². The van der Waals surface area contributed by atoms with E-state index in [-0.39, 0.29) is 11.4 Å². The SMILES string of the molecule is O=C1CCC2(CCNCC2)N1c1ccccc1. The van der Waals surface area contributed by atoms with Crippen molar-refractivity contribution in [3.05, 3.63) is 30.3 Å². The number of hydrogen-bond donors (Lipinski definition) is 1. The average Bonchev–Trinajstić information content (AvgIpc) is 2.68. The summed E-state index contributed by atoms with van der Waals surface area (Å²) in [4.78, 5) is 14.2. The summed E-state index contributed by atoms with van der Waals surface area (Å²) in [7, 11) is 0. The van der Waals surface area contributed by atoms with E-state index in [9.17, 15) is 4.79 Å². The summed E-state index contributed by atoms with van der Waals surface area (Å²) < 4.78 is 0. The number of para-hydroxylation sites is 1. The number of hydrogen-bond acceptors (Lipinski definition) is 2. The van der Waals surface area contributed by atoms with Crippen molar-refractivity contribution in [1.29, 1.82) is 0 Å². The van der Waals surface area contributed by atoms with Gasteiger partial charge in [0.15, 0.2) is 0 Å². The number of carbonyl (C=O) groups is 1. The normalized spacial score (nSPS) is 23.3. The molecule has 0 saturated carbocycles. The van der Waals surface area contributed by atoms with E-state index in [1.807, 2.05) is 30.3 Å². The minimum absolute atomic E-state index is 0.0870. The summed E-state index contributed by atoms with van der Waals surface area (Å²) >= 11 is 0. The molecule has 1 N–H and O–H groups in total. The molecule has 3 rings (SSSR count). The highest BCUT2D eigenvalue weighted by molar-refractivity contribution is 5.97. The predicted octanol–water partition coefficient (Wildman–Crippen LogP) is 1.94. The minimum atomic E-state index is 0.0870. The van der Waals surface area contributed by atoms with Gasteiger partial charge < -0.3 is 10.2 Å². The number of anilines is 1. The number of piperidine rings is 1. The van der Waals surface area contributed by atoms with Crippen molar-refractivity contribution in [3.8, 4) is 0 Å². The lowest BCUT2D eigenvalue weighted by molar-refractivity contribution is -0.117. The highest BCUT2D eigenvalue weighted by Gasteiger charge is 2.46. The van der Waals surface area contributed by atoms with Crippen LogP contribution in [0.5, 0.6) is 0 Å². The van der Waals surface area contributed by atoms with Gasteiger partial charge in [0.1, 0.15) is 0 Å². The average molecular weight is 230 g/mol. The van der Waals surface area contributed by atoms with Crippen LogP contribution in [-0.2, 0) is 4.79 Å². The van der Waals surface area contributed by atoms with Gasteiger partial charge in [0.05, 0.1) is 5.54 Å². The van der Waals surface area contributed by atoms with E-state index in [4.69, 9.17) is 0 Å². The molecular weight excluding hydrogens is 212 g/mol. The minimum Gasteiger partial charge on any atom is -0.317 e. The maximum absolute atomic E-state index is 12.2. The molecule has 0 atom stereocenters. The zero-order chi connectivity index (χ0) is 11.7. The molecule has 90 valence electrons. The Morgan fingerprint density at radius 3 is 2.47 bits per heavy atom. The quantitative estimate of drug-likeness (QED) is 0.799. The fourth-order valence-electron chi connectivity index (χ4n) is 3.19. The van der Waals surface area contributed by atoms with E-state index in [1.165, 1.54) is 0 Å². The van der Waals surface area contributed by atoms with Crippen molar-refractivity contribution in [3.63, 3.8) is 0 Å². The molecule has 17 heavy (non-hydrogen) atoms. The van der Waals surface area contributed by atoms with Crippen molar-refractivity contribution < 1.29 is 4.79 Å². The van der Waals surface area contributed by atoms with E-state index in [0.29, 0.717) is 6.42 Å². The number of carbonyl (C=O) groups excluding carboxylic acids is 1. The molecule has 2 heterocycles. The second-order valence-corrected chi connectivity index (χ2v) is 5.04. The first kappa shape index (κ1) is 10.8. The van der Waals surface area contributed by atoms with Crippen LogP contribution >= 0.6 is 0 Å². The monoisotopic (exact) mass is 230 g/mol. The van der Waals surface area contributed by atoms with Gasteiger partial charge in [0.25, 0.3) is 0 Å². The summed E-state index contributed by atoms with van der Waals surface area (Å²) in [5, 5.41) is 3.38. The molecule has 2 saturated heterocycles. The molecule has 1 amide bonds. The molecule has 0 radical (unpaired) electrons. The summed E-state index contributed by atoms with van der Waals surface area (Å²) in [5.41, 5.74) is 1.15. The van der Waals surface area contributed by atoms with Gasteiger partial charge >= 0.3 is 0 Å². The lowest BCUT2D eigenvalue weighted by Crippen LogP contribution is -2.52. The molecule has 2 fully saturated rings. The number of nitrogens with one attached hydrogen (secondary N) is 1. The molecule has 0 unspecified atom stereocenters. The van der Waals surface area contributed by atoms with Crippen LogP contribution in [0.4, 0.5) is 5.69 Å². The first-order valence-corrected chi connectivity index (χ1v) is 6.41. The Kier molecular flexibility index (Phi) is 2.63. The van der Waals surface area contributed by atoms with Gasteiger partial charge in [-0.15, -0.1) is 0 Å². The van der Waals surface area contributed by atoms with Crippen molar-refractivity contribution in [2.24, 2.45) is 0 Å². The summed E-state index contributed by atoms with van der Waals surface area (Å²) in [6.07, 6.45) is 3.87. The number of rotatable bonds is 1. The van der Waals surface area contributed by atoms with Gasteiger partial charge in [0, 0.05) is 12.1 Å². The van der Waals surface area contributed by atoms with Crippen LogP contribution in [-0.4, -0.2) is 24.5 Å². The molecule has 1 spiro atoms. The topological polar surface area (TPSA) is 32.3 Å². The number of nitrogens with zero attached hydrogens (tertiary/aromatic N) is 1. The van der Waals surface area contributed by atoms with Gasteiger partial charge in [-0.2, -0.15) is 0 Å². The Hall–Kier alpha value is -1.35. The molecule has 2 aliphatic heterocycles. The Bertz CT molecular complexity index is 409. The summed E-state index contributed by atoms with van der Waals surface area (Å²) in [5.74, 6) is 0.290. The molecule has 0 aromatic heterocycles. The first-order chi connectivity index (χ1) is 8.32. The van der Waals surface area contributed by atoms with Crippen LogP contribution in [0.1, 0.15) is 25.7 Å². The maximum Gasteiger partial charge on any atom is 0.227 e. The van der Waals surface area contributed by atoms with Crippen LogP contribution in [0.3, 0.4) is 0 Å². The van der Waals surface area contributed by atoms with Gasteiger partial charge in [0.2, 0.25) is 5.91 Å². The molecule has 2 aliphatic rings. The van der Waals surface area contributed by atoms with E-state index in [1.54, 1.807) is 0 Å². The van der Waals surface area contributed by atoms with Gasteiger partial charge in [-0.3, -0.25) is 4.79 Å². The van der Waals surface area contributed by atoms with Crippen molar-refractivity contribution in [2.75, 3.05) is 18.0 Å². The Morgan fingerprint density at radius 1 is 1.06 bits per heavy atom. The largest absolute Gasteiger partial charge is 0.317 e. The Morgan fingerprint density at radius 2 is 1.76 bits per heavy atom. The first-order valence-electron chi connectivity index (χ1n) is 6.41. The zero-order valence-electron chi connectivity index (χ0n) is 9.98. The number of benzene rings is 1. The van der Waals surface area contributed by atoms with Gasteiger partial charge in [-0.05, 0) is 44.5 Å². The fraction of sp³-hybridized carbons (Fsp3) is 0.500. The molecule has 1 aromatic rings. The van der Waals surface area contributed by atoms with E-state index in [2.05, 4.69) is 10.2 Å². The van der Waals surface area contributed by atoms with Crippen molar-refractivity contribution >= 4 is 11.6 Å². The smallest absolute Gasteiger partial charge is 0.227 e. The third-order valence-electron chi connectivity index (χ3n) is 4.08. The molecule has 1 aromatic carbocycles. The summed E-state index contributed by atoms with van der Waals surface area (Å²) in [6.45, 7) is 2.05. The molecule has 0 aliphatic carbocycles. The van der Waals surface area contributed by atoms with Crippen LogP contribution in [0.25, 0.3) is 0 Å². The van der Waals surface area contributed by atoms with E-state index >= 15 is 0 Å². The lowest BCUT2D eigenvalue weighted by Gasteiger charge is -2.41. The molecule has 3 heteroatoms. The van der Waals surface area contributed by atoms with Crippen LogP contribution in [0, 0.1) is 0 Å². The maximum atomic E-state index is 12.2. The van der Waals surface area contributed by atoms with Crippen LogP contribution < -0.4 is 10.2 Å². The summed E-state index contributed by atoms with van der Waals surface area (Å²) in [6, 6.07) is 10.1.